The lowest BCUT2D eigenvalue weighted by Crippen LogP contribution is -2.24. The molecule has 0 aliphatic carbocycles. The first-order valence-corrected chi connectivity index (χ1v) is 9.91. The predicted molar refractivity (Wildman–Crippen MR) is 110 cm³/mol. The van der Waals surface area contributed by atoms with Gasteiger partial charge in [-0.3, -0.25) is 4.79 Å². The molecule has 0 saturated heterocycles. The van der Waals surface area contributed by atoms with Gasteiger partial charge < -0.3 is 10.6 Å². The molecule has 5 nitrogen and oxygen atoms in total. The molecule has 0 fully saturated rings. The standard InChI is InChI=1S/C20H18ClFN4OS/c21-16-5-1-14(2-6-16)11-23-18-9-10-20(26-25-18)28-13-19(27)24-12-15-3-7-17(22)8-4-15/h1-10H,11-13H2,(H,23,25)(H,24,27). The maximum Gasteiger partial charge on any atom is 0.230 e. The van der Waals surface area contributed by atoms with Crippen LogP contribution < -0.4 is 10.6 Å². The summed E-state index contributed by atoms with van der Waals surface area (Å²) < 4.78 is 12.9. The monoisotopic (exact) mass is 416 g/mol. The average molecular weight is 417 g/mol. The van der Waals surface area contributed by atoms with Crippen molar-refractivity contribution in [1.82, 2.24) is 15.5 Å². The van der Waals surface area contributed by atoms with Crippen molar-refractivity contribution in [2.75, 3.05) is 11.1 Å². The molecule has 0 atom stereocenters. The summed E-state index contributed by atoms with van der Waals surface area (Å²) in [5.41, 5.74) is 1.93. The summed E-state index contributed by atoms with van der Waals surface area (Å²) in [4.78, 5) is 11.9. The Morgan fingerprint density at radius 3 is 2.29 bits per heavy atom. The molecule has 0 aliphatic rings. The Labute approximate surface area is 171 Å². The van der Waals surface area contributed by atoms with E-state index in [1.807, 2.05) is 36.4 Å². The summed E-state index contributed by atoms with van der Waals surface area (Å²) in [5.74, 6) is 0.462. The van der Waals surface area contributed by atoms with Gasteiger partial charge in [-0.05, 0) is 47.5 Å². The van der Waals surface area contributed by atoms with Crippen molar-refractivity contribution in [3.63, 3.8) is 0 Å². The molecule has 1 amide bonds. The van der Waals surface area contributed by atoms with Gasteiger partial charge in [0.1, 0.15) is 16.7 Å². The molecular formula is C20H18ClFN4OS. The number of thioether (sulfide) groups is 1. The van der Waals surface area contributed by atoms with E-state index in [9.17, 15) is 9.18 Å². The van der Waals surface area contributed by atoms with E-state index >= 15 is 0 Å². The van der Waals surface area contributed by atoms with Gasteiger partial charge in [0.05, 0.1) is 5.75 Å². The van der Waals surface area contributed by atoms with Gasteiger partial charge in [-0.1, -0.05) is 47.6 Å². The van der Waals surface area contributed by atoms with Crippen LogP contribution in [0.25, 0.3) is 0 Å². The van der Waals surface area contributed by atoms with Crippen molar-refractivity contribution in [3.05, 3.63) is 82.6 Å². The number of rotatable bonds is 8. The molecule has 0 unspecified atom stereocenters. The van der Waals surface area contributed by atoms with Gasteiger partial charge in [0, 0.05) is 18.1 Å². The smallest absolute Gasteiger partial charge is 0.230 e. The number of anilines is 1. The Hall–Kier alpha value is -2.64. The molecular weight excluding hydrogens is 399 g/mol. The first-order valence-electron chi connectivity index (χ1n) is 8.54. The second-order valence-corrected chi connectivity index (χ2v) is 7.36. The van der Waals surface area contributed by atoms with Gasteiger partial charge >= 0.3 is 0 Å². The highest BCUT2D eigenvalue weighted by Crippen LogP contribution is 2.16. The van der Waals surface area contributed by atoms with Crippen LogP contribution in [0.15, 0.2) is 65.7 Å². The summed E-state index contributed by atoms with van der Waals surface area (Å²) in [6.45, 7) is 0.975. The Kier molecular flexibility index (Phi) is 7.22. The van der Waals surface area contributed by atoms with E-state index in [-0.39, 0.29) is 17.5 Å². The van der Waals surface area contributed by atoms with Crippen LogP contribution >= 0.6 is 23.4 Å². The Balaban J connectivity index is 1.40. The molecule has 0 spiro atoms. The van der Waals surface area contributed by atoms with E-state index in [0.29, 0.717) is 29.0 Å². The van der Waals surface area contributed by atoms with Gasteiger partial charge in [0.15, 0.2) is 0 Å². The number of hydrogen-bond acceptors (Lipinski definition) is 5. The van der Waals surface area contributed by atoms with Crippen LogP contribution in [-0.4, -0.2) is 21.9 Å². The normalized spacial score (nSPS) is 10.5. The summed E-state index contributed by atoms with van der Waals surface area (Å²) in [6, 6.07) is 17.2. The third-order valence-electron chi connectivity index (χ3n) is 3.78. The minimum atomic E-state index is -0.296. The Bertz CT molecular complexity index is 905. The van der Waals surface area contributed by atoms with E-state index in [0.717, 1.165) is 11.1 Å². The predicted octanol–water partition coefficient (Wildman–Crippen LogP) is 4.29. The third kappa shape index (κ3) is 6.51. The topological polar surface area (TPSA) is 66.9 Å². The van der Waals surface area contributed by atoms with Gasteiger partial charge in [-0.2, -0.15) is 0 Å². The largest absolute Gasteiger partial charge is 0.365 e. The zero-order chi connectivity index (χ0) is 19.8. The molecule has 1 aromatic heterocycles. The SMILES string of the molecule is O=C(CSc1ccc(NCc2ccc(Cl)cc2)nn1)NCc1ccc(F)cc1. The Morgan fingerprint density at radius 2 is 1.61 bits per heavy atom. The van der Waals surface area contributed by atoms with Gasteiger partial charge in [-0.15, -0.1) is 10.2 Å². The van der Waals surface area contributed by atoms with E-state index in [2.05, 4.69) is 20.8 Å². The highest BCUT2D eigenvalue weighted by Gasteiger charge is 2.05. The van der Waals surface area contributed by atoms with Gasteiger partial charge in [0.25, 0.3) is 0 Å². The van der Waals surface area contributed by atoms with Crippen molar-refractivity contribution in [2.45, 2.75) is 18.1 Å². The maximum absolute atomic E-state index is 12.9. The third-order valence-corrected chi connectivity index (χ3v) is 4.95. The average Bonchev–Trinajstić information content (AvgIpc) is 2.72. The highest BCUT2D eigenvalue weighted by atomic mass is 35.5. The number of hydrogen-bond donors (Lipinski definition) is 2. The molecule has 3 rings (SSSR count). The Morgan fingerprint density at radius 1 is 0.929 bits per heavy atom. The van der Waals surface area contributed by atoms with Crippen molar-refractivity contribution in [1.29, 1.82) is 0 Å². The number of carbonyl (C=O) groups excluding carboxylic acids is 1. The quantitative estimate of drug-likeness (QED) is 0.536. The number of amides is 1. The first kappa shape index (κ1) is 20.1. The second-order valence-electron chi connectivity index (χ2n) is 5.93. The lowest BCUT2D eigenvalue weighted by molar-refractivity contribution is -0.118. The van der Waals surface area contributed by atoms with Crippen LogP contribution in [0.4, 0.5) is 10.2 Å². The lowest BCUT2D eigenvalue weighted by atomic mass is 10.2. The van der Waals surface area contributed by atoms with Crippen molar-refractivity contribution in [3.8, 4) is 0 Å². The summed E-state index contributed by atoms with van der Waals surface area (Å²) >= 11 is 7.17. The molecule has 2 aromatic carbocycles. The number of aromatic nitrogens is 2. The van der Waals surface area contributed by atoms with E-state index in [1.54, 1.807) is 12.1 Å². The number of carbonyl (C=O) groups is 1. The van der Waals surface area contributed by atoms with Crippen molar-refractivity contribution < 1.29 is 9.18 Å². The number of nitrogens with zero attached hydrogens (tertiary/aromatic N) is 2. The fraction of sp³-hybridized carbons (Fsp3) is 0.150. The molecule has 8 heteroatoms. The molecule has 28 heavy (non-hydrogen) atoms. The van der Waals surface area contributed by atoms with E-state index in [1.165, 1.54) is 23.9 Å². The molecule has 0 radical (unpaired) electrons. The molecule has 0 aliphatic heterocycles. The fourth-order valence-corrected chi connectivity index (χ4v) is 3.05. The number of benzene rings is 2. The van der Waals surface area contributed by atoms with Crippen LogP contribution in [0, 0.1) is 5.82 Å². The summed E-state index contributed by atoms with van der Waals surface area (Å²) in [7, 11) is 0. The van der Waals surface area contributed by atoms with Crippen LogP contribution in [0.3, 0.4) is 0 Å². The van der Waals surface area contributed by atoms with Crippen molar-refractivity contribution in [2.24, 2.45) is 0 Å². The summed E-state index contributed by atoms with van der Waals surface area (Å²) in [6.07, 6.45) is 0. The maximum atomic E-state index is 12.9. The number of nitrogens with one attached hydrogen (secondary N) is 2. The molecule has 144 valence electrons. The molecule has 0 saturated carbocycles. The minimum Gasteiger partial charge on any atom is -0.365 e. The minimum absolute atomic E-state index is 0.124. The highest BCUT2D eigenvalue weighted by molar-refractivity contribution is 7.99. The van der Waals surface area contributed by atoms with Crippen LogP contribution in [0.5, 0.6) is 0 Å². The van der Waals surface area contributed by atoms with Crippen LogP contribution in [-0.2, 0) is 17.9 Å². The van der Waals surface area contributed by atoms with Gasteiger partial charge in [-0.25, -0.2) is 4.39 Å². The first-order chi connectivity index (χ1) is 13.6. The van der Waals surface area contributed by atoms with Crippen LogP contribution in [0.1, 0.15) is 11.1 Å². The molecule has 1 heterocycles. The van der Waals surface area contributed by atoms with E-state index in [4.69, 9.17) is 11.6 Å². The van der Waals surface area contributed by atoms with Crippen LogP contribution in [0.2, 0.25) is 5.02 Å². The lowest BCUT2D eigenvalue weighted by Gasteiger charge is -2.07. The summed E-state index contributed by atoms with van der Waals surface area (Å²) in [5, 5.41) is 15.6. The second kappa shape index (κ2) is 10.1. The zero-order valence-corrected chi connectivity index (χ0v) is 16.4. The molecule has 0 bridgehead atoms. The fourth-order valence-electron chi connectivity index (χ4n) is 2.28. The van der Waals surface area contributed by atoms with Gasteiger partial charge in [0.2, 0.25) is 5.91 Å². The number of halogens is 2. The molecule has 2 N–H and O–H groups in total. The zero-order valence-electron chi connectivity index (χ0n) is 14.9. The van der Waals surface area contributed by atoms with E-state index < -0.39 is 0 Å². The molecule has 3 aromatic rings. The van der Waals surface area contributed by atoms with Crippen molar-refractivity contribution >= 4 is 35.1 Å².